The predicted octanol–water partition coefficient (Wildman–Crippen LogP) is 3.44. The SMILES string of the molecule is CCCC1(C(=O)c2ccccc2OC(C)C)CCNC1. The molecule has 2 rings (SSSR count). The molecule has 1 aliphatic heterocycles. The summed E-state index contributed by atoms with van der Waals surface area (Å²) >= 11 is 0. The molecule has 1 atom stereocenters. The van der Waals surface area contributed by atoms with Gasteiger partial charge in [-0.1, -0.05) is 25.5 Å². The Balaban J connectivity index is 2.32. The van der Waals surface area contributed by atoms with Crippen LogP contribution in [0.15, 0.2) is 24.3 Å². The van der Waals surface area contributed by atoms with Gasteiger partial charge in [0.15, 0.2) is 5.78 Å². The Morgan fingerprint density at radius 3 is 2.75 bits per heavy atom. The van der Waals surface area contributed by atoms with Crippen molar-refractivity contribution in [3.63, 3.8) is 0 Å². The summed E-state index contributed by atoms with van der Waals surface area (Å²) in [6.45, 7) is 7.83. The lowest BCUT2D eigenvalue weighted by Gasteiger charge is -2.27. The molecule has 0 amide bonds. The van der Waals surface area contributed by atoms with E-state index < -0.39 is 0 Å². The minimum absolute atomic E-state index is 0.0766. The molecule has 0 bridgehead atoms. The third kappa shape index (κ3) is 3.04. The van der Waals surface area contributed by atoms with Crippen molar-refractivity contribution in [3.8, 4) is 5.75 Å². The van der Waals surface area contributed by atoms with Crippen molar-refractivity contribution in [1.29, 1.82) is 0 Å². The van der Waals surface area contributed by atoms with Crippen molar-refractivity contribution in [1.82, 2.24) is 5.32 Å². The molecule has 1 aromatic rings. The Morgan fingerprint density at radius 2 is 2.15 bits per heavy atom. The van der Waals surface area contributed by atoms with Crippen LogP contribution in [0.3, 0.4) is 0 Å². The second kappa shape index (κ2) is 6.40. The molecule has 1 N–H and O–H groups in total. The maximum absolute atomic E-state index is 13.0. The minimum Gasteiger partial charge on any atom is -0.490 e. The molecular formula is C17H25NO2. The molecule has 0 aromatic heterocycles. The van der Waals surface area contributed by atoms with Gasteiger partial charge in [0.25, 0.3) is 0 Å². The molecule has 1 aliphatic rings. The van der Waals surface area contributed by atoms with E-state index >= 15 is 0 Å². The number of para-hydroxylation sites is 1. The summed E-state index contributed by atoms with van der Waals surface area (Å²) in [5.41, 5.74) is 0.490. The quantitative estimate of drug-likeness (QED) is 0.808. The first-order valence-corrected chi connectivity index (χ1v) is 7.60. The summed E-state index contributed by atoms with van der Waals surface area (Å²) in [7, 11) is 0. The highest BCUT2D eigenvalue weighted by atomic mass is 16.5. The second-order valence-electron chi connectivity index (χ2n) is 5.95. The Bertz CT molecular complexity index is 462. The van der Waals surface area contributed by atoms with Crippen LogP contribution in [0.4, 0.5) is 0 Å². The summed E-state index contributed by atoms with van der Waals surface area (Å²) in [6, 6.07) is 7.64. The van der Waals surface area contributed by atoms with Crippen LogP contribution < -0.4 is 10.1 Å². The second-order valence-corrected chi connectivity index (χ2v) is 5.95. The maximum atomic E-state index is 13.0. The van der Waals surface area contributed by atoms with Gasteiger partial charge in [0.1, 0.15) is 5.75 Å². The molecule has 0 radical (unpaired) electrons. The van der Waals surface area contributed by atoms with Crippen LogP contribution in [0, 0.1) is 5.41 Å². The molecular weight excluding hydrogens is 250 g/mol. The highest BCUT2D eigenvalue weighted by Crippen LogP contribution is 2.37. The third-order valence-corrected chi connectivity index (χ3v) is 3.95. The first kappa shape index (κ1) is 15.0. The van der Waals surface area contributed by atoms with Crippen molar-refractivity contribution in [2.75, 3.05) is 13.1 Å². The Morgan fingerprint density at radius 1 is 1.40 bits per heavy atom. The van der Waals surface area contributed by atoms with Crippen LogP contribution in [0.1, 0.15) is 50.4 Å². The van der Waals surface area contributed by atoms with E-state index in [-0.39, 0.29) is 17.3 Å². The number of carbonyl (C=O) groups excluding carboxylic acids is 1. The molecule has 1 saturated heterocycles. The van der Waals surface area contributed by atoms with Crippen molar-refractivity contribution in [3.05, 3.63) is 29.8 Å². The summed E-state index contributed by atoms with van der Waals surface area (Å²) in [5.74, 6) is 0.954. The largest absolute Gasteiger partial charge is 0.490 e. The summed E-state index contributed by atoms with van der Waals surface area (Å²) < 4.78 is 5.81. The van der Waals surface area contributed by atoms with Gasteiger partial charge in [0.2, 0.25) is 0 Å². The number of ether oxygens (including phenoxy) is 1. The number of Topliss-reactive ketones (excluding diaryl/α,β-unsaturated/α-hetero) is 1. The van der Waals surface area contributed by atoms with Crippen LogP contribution in [-0.2, 0) is 0 Å². The molecule has 20 heavy (non-hydrogen) atoms. The lowest BCUT2D eigenvalue weighted by atomic mass is 9.76. The lowest BCUT2D eigenvalue weighted by molar-refractivity contribution is 0.0795. The van der Waals surface area contributed by atoms with Gasteiger partial charge in [-0.25, -0.2) is 0 Å². The molecule has 3 heteroatoms. The van der Waals surface area contributed by atoms with Crippen LogP contribution >= 0.6 is 0 Å². The van der Waals surface area contributed by atoms with Crippen LogP contribution in [0.2, 0.25) is 0 Å². The number of benzene rings is 1. The Labute approximate surface area is 121 Å². The number of rotatable bonds is 6. The molecule has 1 unspecified atom stereocenters. The number of hydrogen-bond acceptors (Lipinski definition) is 3. The highest BCUT2D eigenvalue weighted by Gasteiger charge is 2.41. The number of hydrogen-bond donors (Lipinski definition) is 1. The van der Waals surface area contributed by atoms with Gasteiger partial charge in [-0.3, -0.25) is 4.79 Å². The van der Waals surface area contributed by atoms with E-state index in [1.54, 1.807) is 0 Å². The average Bonchev–Trinajstić information content (AvgIpc) is 2.88. The van der Waals surface area contributed by atoms with E-state index in [4.69, 9.17) is 4.74 Å². The fraction of sp³-hybridized carbons (Fsp3) is 0.588. The van der Waals surface area contributed by atoms with Crippen LogP contribution in [0.5, 0.6) is 5.75 Å². The minimum atomic E-state index is -0.245. The third-order valence-electron chi connectivity index (χ3n) is 3.95. The fourth-order valence-electron chi connectivity index (χ4n) is 3.04. The van der Waals surface area contributed by atoms with Crippen LogP contribution in [-0.4, -0.2) is 25.0 Å². The molecule has 110 valence electrons. The molecule has 0 spiro atoms. The zero-order valence-corrected chi connectivity index (χ0v) is 12.7. The number of carbonyl (C=O) groups is 1. The van der Waals surface area contributed by atoms with Gasteiger partial charge >= 0.3 is 0 Å². The smallest absolute Gasteiger partial charge is 0.174 e. The van der Waals surface area contributed by atoms with Crippen LogP contribution in [0.25, 0.3) is 0 Å². The average molecular weight is 275 g/mol. The monoisotopic (exact) mass is 275 g/mol. The first-order chi connectivity index (χ1) is 9.59. The van der Waals surface area contributed by atoms with Gasteiger partial charge in [-0.15, -0.1) is 0 Å². The normalized spacial score (nSPS) is 22.2. The van der Waals surface area contributed by atoms with Crippen molar-refractivity contribution in [2.45, 2.75) is 46.1 Å². The van der Waals surface area contributed by atoms with Crippen molar-refractivity contribution < 1.29 is 9.53 Å². The standard InChI is InChI=1S/C17H25NO2/c1-4-9-17(10-11-18-12-17)16(19)14-7-5-6-8-15(14)20-13(2)3/h5-8,13,18H,4,9-12H2,1-3H3. The zero-order valence-electron chi connectivity index (χ0n) is 12.7. The number of nitrogens with one attached hydrogen (secondary N) is 1. The highest BCUT2D eigenvalue weighted by molar-refractivity contribution is 6.03. The van der Waals surface area contributed by atoms with Gasteiger partial charge in [-0.05, 0) is 45.4 Å². The molecule has 0 aliphatic carbocycles. The summed E-state index contributed by atoms with van der Waals surface area (Å²) in [6.07, 6.45) is 2.97. The van der Waals surface area contributed by atoms with E-state index in [1.807, 2.05) is 38.1 Å². The van der Waals surface area contributed by atoms with E-state index in [1.165, 1.54) is 0 Å². The van der Waals surface area contributed by atoms with Gasteiger partial charge in [0, 0.05) is 12.0 Å². The first-order valence-electron chi connectivity index (χ1n) is 7.60. The van der Waals surface area contributed by atoms with E-state index in [2.05, 4.69) is 12.2 Å². The van der Waals surface area contributed by atoms with Gasteiger partial charge < -0.3 is 10.1 Å². The molecule has 1 aromatic carbocycles. The van der Waals surface area contributed by atoms with E-state index in [0.29, 0.717) is 0 Å². The topological polar surface area (TPSA) is 38.3 Å². The Hall–Kier alpha value is -1.35. The van der Waals surface area contributed by atoms with E-state index in [9.17, 15) is 4.79 Å². The summed E-state index contributed by atoms with van der Waals surface area (Å²) in [5, 5.41) is 3.35. The Kier molecular flexibility index (Phi) is 4.81. The van der Waals surface area contributed by atoms with E-state index in [0.717, 1.165) is 43.7 Å². The molecule has 1 heterocycles. The lowest BCUT2D eigenvalue weighted by Crippen LogP contribution is -2.34. The fourth-order valence-corrected chi connectivity index (χ4v) is 3.04. The van der Waals surface area contributed by atoms with Gasteiger partial charge in [0.05, 0.1) is 11.7 Å². The zero-order chi connectivity index (χ0) is 14.6. The van der Waals surface area contributed by atoms with Crippen molar-refractivity contribution >= 4 is 5.78 Å². The van der Waals surface area contributed by atoms with Crippen molar-refractivity contribution in [2.24, 2.45) is 5.41 Å². The number of ketones is 1. The summed E-state index contributed by atoms with van der Waals surface area (Å²) in [4.78, 5) is 13.0. The van der Waals surface area contributed by atoms with Gasteiger partial charge in [-0.2, -0.15) is 0 Å². The maximum Gasteiger partial charge on any atom is 0.174 e. The molecule has 1 fully saturated rings. The molecule has 0 saturated carbocycles. The predicted molar refractivity (Wildman–Crippen MR) is 81.4 cm³/mol. The molecule has 3 nitrogen and oxygen atoms in total.